The molecule has 6 nitrogen and oxygen atoms in total. The number of aromatic hydroxyl groups is 1. The van der Waals surface area contributed by atoms with Crippen LogP contribution < -0.4 is 10.6 Å². The molecule has 1 heterocycles. The molecule has 0 radical (unpaired) electrons. The molecule has 0 saturated carbocycles. The standard InChI is InChI=1S/C17H14ClN3O3S/c18-10-1-3-11(4-2-10)19-15(23)9-14-16(24)21-17(25-14)20-12-5-7-13(22)8-6-12/h1-8,14,22H,9H2,(H,19,23)(H,20,21,24)/t14-/m1/s1. The number of anilines is 1. The highest BCUT2D eigenvalue weighted by Gasteiger charge is 2.32. The van der Waals surface area contributed by atoms with Crippen molar-refractivity contribution in [1.29, 1.82) is 0 Å². The SMILES string of the molecule is O=C(C[C@H]1SC(=Nc2ccc(O)cc2)NC1=O)Nc1ccc(Cl)cc1. The number of carbonyl (C=O) groups is 2. The van der Waals surface area contributed by atoms with Crippen molar-refractivity contribution in [3.8, 4) is 5.75 Å². The van der Waals surface area contributed by atoms with Gasteiger partial charge in [0.1, 0.15) is 11.0 Å². The summed E-state index contributed by atoms with van der Waals surface area (Å²) in [5.41, 5.74) is 1.22. The Hall–Kier alpha value is -2.51. The van der Waals surface area contributed by atoms with Gasteiger partial charge in [-0.05, 0) is 48.5 Å². The predicted octanol–water partition coefficient (Wildman–Crippen LogP) is 3.29. The van der Waals surface area contributed by atoms with Gasteiger partial charge in [0, 0.05) is 17.1 Å². The van der Waals surface area contributed by atoms with Crippen molar-refractivity contribution in [3.63, 3.8) is 0 Å². The van der Waals surface area contributed by atoms with E-state index in [9.17, 15) is 14.7 Å². The summed E-state index contributed by atoms with van der Waals surface area (Å²) >= 11 is 7.00. The summed E-state index contributed by atoms with van der Waals surface area (Å²) in [5, 5.41) is 15.1. The number of rotatable bonds is 4. The molecule has 1 aliphatic rings. The molecule has 128 valence electrons. The largest absolute Gasteiger partial charge is 0.508 e. The third-order valence-corrected chi connectivity index (χ3v) is 4.69. The van der Waals surface area contributed by atoms with Gasteiger partial charge in [-0.2, -0.15) is 0 Å². The van der Waals surface area contributed by atoms with E-state index in [2.05, 4.69) is 15.6 Å². The lowest BCUT2D eigenvalue weighted by Gasteiger charge is -2.07. The van der Waals surface area contributed by atoms with Crippen LogP contribution in [0.4, 0.5) is 11.4 Å². The van der Waals surface area contributed by atoms with Crippen LogP contribution in [0.1, 0.15) is 6.42 Å². The number of carbonyl (C=O) groups excluding carboxylic acids is 2. The number of amides is 2. The van der Waals surface area contributed by atoms with Crippen LogP contribution >= 0.6 is 23.4 Å². The van der Waals surface area contributed by atoms with E-state index in [1.807, 2.05) is 0 Å². The van der Waals surface area contributed by atoms with E-state index in [-0.39, 0.29) is 24.0 Å². The van der Waals surface area contributed by atoms with E-state index in [0.717, 1.165) is 0 Å². The van der Waals surface area contributed by atoms with Gasteiger partial charge in [0.15, 0.2) is 5.17 Å². The van der Waals surface area contributed by atoms with E-state index in [4.69, 9.17) is 11.6 Å². The molecule has 3 N–H and O–H groups in total. The van der Waals surface area contributed by atoms with Crippen molar-refractivity contribution in [3.05, 3.63) is 53.6 Å². The van der Waals surface area contributed by atoms with Crippen molar-refractivity contribution in [2.45, 2.75) is 11.7 Å². The molecule has 0 aliphatic carbocycles. The minimum absolute atomic E-state index is 0.0354. The third kappa shape index (κ3) is 4.74. The Morgan fingerprint density at radius 3 is 2.56 bits per heavy atom. The second-order valence-corrected chi connectivity index (χ2v) is 6.92. The Kier molecular flexibility index (Phi) is 5.25. The van der Waals surface area contributed by atoms with Crippen LogP contribution in [0, 0.1) is 0 Å². The monoisotopic (exact) mass is 375 g/mol. The molecule has 0 spiro atoms. The maximum atomic E-state index is 12.1. The highest BCUT2D eigenvalue weighted by Crippen LogP contribution is 2.26. The van der Waals surface area contributed by atoms with Crippen molar-refractivity contribution >= 4 is 51.7 Å². The number of aliphatic imine (C=N–C) groups is 1. The number of benzene rings is 2. The zero-order valence-corrected chi connectivity index (χ0v) is 14.5. The van der Waals surface area contributed by atoms with Gasteiger partial charge < -0.3 is 15.7 Å². The smallest absolute Gasteiger partial charge is 0.240 e. The summed E-state index contributed by atoms with van der Waals surface area (Å²) in [6.45, 7) is 0. The molecule has 0 aromatic heterocycles. The summed E-state index contributed by atoms with van der Waals surface area (Å²) < 4.78 is 0. The van der Waals surface area contributed by atoms with Gasteiger partial charge in [-0.25, -0.2) is 4.99 Å². The number of nitrogens with one attached hydrogen (secondary N) is 2. The molecule has 3 rings (SSSR count). The van der Waals surface area contributed by atoms with E-state index < -0.39 is 5.25 Å². The Bertz CT molecular complexity index is 822. The van der Waals surface area contributed by atoms with Crippen molar-refractivity contribution < 1.29 is 14.7 Å². The van der Waals surface area contributed by atoms with Crippen molar-refractivity contribution in [1.82, 2.24) is 5.32 Å². The average molecular weight is 376 g/mol. The van der Waals surface area contributed by atoms with Crippen molar-refractivity contribution in [2.75, 3.05) is 5.32 Å². The normalized spacial score (nSPS) is 18.2. The first-order valence-corrected chi connectivity index (χ1v) is 8.66. The van der Waals surface area contributed by atoms with Gasteiger partial charge >= 0.3 is 0 Å². The Balaban J connectivity index is 1.59. The minimum Gasteiger partial charge on any atom is -0.508 e. The van der Waals surface area contributed by atoms with Gasteiger partial charge in [-0.1, -0.05) is 23.4 Å². The Morgan fingerprint density at radius 2 is 1.88 bits per heavy atom. The molecule has 8 heteroatoms. The summed E-state index contributed by atoms with van der Waals surface area (Å²) in [5.74, 6) is -0.376. The van der Waals surface area contributed by atoms with Gasteiger partial charge in [0.2, 0.25) is 11.8 Å². The van der Waals surface area contributed by atoms with Crippen molar-refractivity contribution in [2.24, 2.45) is 4.99 Å². The minimum atomic E-state index is -0.539. The third-order valence-electron chi connectivity index (χ3n) is 3.36. The first-order valence-electron chi connectivity index (χ1n) is 7.40. The fourth-order valence-corrected chi connectivity index (χ4v) is 3.26. The molecular formula is C17H14ClN3O3S. The molecule has 1 atom stereocenters. The number of amidine groups is 1. The molecule has 1 fully saturated rings. The van der Waals surface area contributed by atoms with Crippen LogP contribution in [0.15, 0.2) is 53.5 Å². The molecule has 1 aliphatic heterocycles. The fraction of sp³-hybridized carbons (Fsp3) is 0.118. The Morgan fingerprint density at radius 1 is 1.20 bits per heavy atom. The first kappa shape index (κ1) is 17.3. The number of halogens is 1. The van der Waals surface area contributed by atoms with Gasteiger partial charge in [0.05, 0.1) is 5.69 Å². The van der Waals surface area contributed by atoms with E-state index in [1.54, 1.807) is 36.4 Å². The summed E-state index contributed by atoms with van der Waals surface area (Å²) in [7, 11) is 0. The topological polar surface area (TPSA) is 90.8 Å². The highest BCUT2D eigenvalue weighted by molar-refractivity contribution is 8.15. The molecule has 1 saturated heterocycles. The number of hydrogen-bond acceptors (Lipinski definition) is 5. The number of phenolic OH excluding ortho intramolecular Hbond substituents is 1. The maximum Gasteiger partial charge on any atom is 0.240 e. The average Bonchev–Trinajstić information content (AvgIpc) is 2.91. The first-order chi connectivity index (χ1) is 12.0. The van der Waals surface area contributed by atoms with Crippen LogP contribution in [0.25, 0.3) is 0 Å². The van der Waals surface area contributed by atoms with Gasteiger partial charge in [0.25, 0.3) is 0 Å². The summed E-state index contributed by atoms with van der Waals surface area (Å²) in [6.07, 6.45) is 0.0354. The zero-order valence-electron chi connectivity index (χ0n) is 12.9. The van der Waals surface area contributed by atoms with E-state index in [1.165, 1.54) is 23.9 Å². The highest BCUT2D eigenvalue weighted by atomic mass is 35.5. The number of nitrogens with zero attached hydrogens (tertiary/aromatic N) is 1. The molecule has 2 aromatic carbocycles. The predicted molar refractivity (Wildman–Crippen MR) is 99.4 cm³/mol. The summed E-state index contributed by atoms with van der Waals surface area (Å²) in [4.78, 5) is 28.4. The lowest BCUT2D eigenvalue weighted by molar-refractivity contribution is -0.122. The van der Waals surface area contributed by atoms with Crippen LogP contribution in [0.5, 0.6) is 5.75 Å². The van der Waals surface area contributed by atoms with Crippen LogP contribution in [-0.4, -0.2) is 27.3 Å². The molecule has 25 heavy (non-hydrogen) atoms. The number of thioether (sulfide) groups is 1. The van der Waals surface area contributed by atoms with Crippen LogP contribution in [0.2, 0.25) is 5.02 Å². The molecule has 2 aromatic rings. The lowest BCUT2D eigenvalue weighted by Crippen LogP contribution is -2.28. The Labute approximate surface area is 153 Å². The van der Waals surface area contributed by atoms with Crippen LogP contribution in [-0.2, 0) is 9.59 Å². The second kappa shape index (κ2) is 7.58. The van der Waals surface area contributed by atoms with Gasteiger partial charge in [-0.15, -0.1) is 0 Å². The van der Waals surface area contributed by atoms with E-state index >= 15 is 0 Å². The molecule has 0 bridgehead atoms. The maximum absolute atomic E-state index is 12.1. The van der Waals surface area contributed by atoms with E-state index in [0.29, 0.717) is 21.6 Å². The van der Waals surface area contributed by atoms with Gasteiger partial charge in [-0.3, -0.25) is 9.59 Å². The lowest BCUT2D eigenvalue weighted by atomic mass is 10.2. The zero-order chi connectivity index (χ0) is 17.8. The fourth-order valence-electron chi connectivity index (χ4n) is 2.15. The molecule has 2 amide bonds. The number of hydrogen-bond donors (Lipinski definition) is 3. The number of phenols is 1. The molecule has 0 unspecified atom stereocenters. The van der Waals surface area contributed by atoms with Crippen LogP contribution in [0.3, 0.4) is 0 Å². The second-order valence-electron chi connectivity index (χ2n) is 5.29. The summed E-state index contributed by atoms with van der Waals surface area (Å²) in [6, 6.07) is 13.0. The molecular weight excluding hydrogens is 362 g/mol. The quantitative estimate of drug-likeness (QED) is 0.764.